The molecule has 1 aromatic carbocycles. The van der Waals surface area contributed by atoms with Crippen molar-refractivity contribution in [1.29, 1.82) is 0 Å². The minimum atomic E-state index is -4.47. The first-order valence-corrected chi connectivity index (χ1v) is 7.22. The van der Waals surface area contributed by atoms with Gasteiger partial charge < -0.3 is 0 Å². The number of hydrogen-bond donors (Lipinski definition) is 0. The van der Waals surface area contributed by atoms with Gasteiger partial charge in [0.2, 0.25) is 5.91 Å². The number of thiazole rings is 1. The number of halogens is 4. The quantitative estimate of drug-likeness (QED) is 0.769. The third-order valence-electron chi connectivity index (χ3n) is 2.61. The van der Waals surface area contributed by atoms with Gasteiger partial charge in [-0.1, -0.05) is 6.07 Å². The molecule has 0 fully saturated rings. The van der Waals surface area contributed by atoms with Crippen molar-refractivity contribution in [3.8, 4) is 0 Å². The number of hydrogen-bond acceptors (Lipinski definition) is 3. The predicted molar refractivity (Wildman–Crippen MR) is 75.9 cm³/mol. The number of benzene rings is 1. The zero-order chi connectivity index (χ0) is 15.6. The van der Waals surface area contributed by atoms with Crippen molar-refractivity contribution in [2.75, 3.05) is 4.90 Å². The average molecular weight is 335 g/mol. The molecule has 3 nitrogen and oxygen atoms in total. The van der Waals surface area contributed by atoms with Gasteiger partial charge in [-0.2, -0.15) is 13.2 Å². The summed E-state index contributed by atoms with van der Waals surface area (Å²) in [5.41, 5.74) is -0.136. The molecule has 1 heterocycles. The molecule has 0 aliphatic heterocycles. The van der Waals surface area contributed by atoms with Gasteiger partial charge in [0.25, 0.3) is 0 Å². The Bertz CT molecular complexity index is 657. The summed E-state index contributed by atoms with van der Waals surface area (Å²) in [7, 11) is 0. The third kappa shape index (κ3) is 3.54. The van der Waals surface area contributed by atoms with E-state index in [9.17, 15) is 18.0 Å². The largest absolute Gasteiger partial charge is 0.416 e. The minimum absolute atomic E-state index is 0.118. The van der Waals surface area contributed by atoms with Crippen molar-refractivity contribution < 1.29 is 18.0 Å². The number of carbonyl (C=O) groups excluding carboxylic acids is 1. The van der Waals surface area contributed by atoms with E-state index >= 15 is 0 Å². The Hall–Kier alpha value is -1.60. The maximum absolute atomic E-state index is 12.8. The lowest BCUT2D eigenvalue weighted by molar-refractivity contribution is -0.137. The molecule has 0 N–H and O–H groups in total. The van der Waals surface area contributed by atoms with E-state index < -0.39 is 17.6 Å². The van der Waals surface area contributed by atoms with Crippen molar-refractivity contribution in [1.82, 2.24) is 4.98 Å². The van der Waals surface area contributed by atoms with E-state index in [0.29, 0.717) is 5.69 Å². The molecule has 0 atom stereocenters. The van der Waals surface area contributed by atoms with E-state index in [2.05, 4.69) is 4.98 Å². The number of amides is 1. The van der Waals surface area contributed by atoms with Gasteiger partial charge in [0.05, 0.1) is 22.8 Å². The molecule has 8 heteroatoms. The van der Waals surface area contributed by atoms with Crippen LogP contribution in [0.2, 0.25) is 0 Å². The summed E-state index contributed by atoms with van der Waals surface area (Å²) >= 11 is 6.79. The highest BCUT2D eigenvalue weighted by molar-refractivity contribution is 7.14. The highest BCUT2D eigenvalue weighted by atomic mass is 35.5. The standard InChI is InChI=1S/C13H10ClF3N2OS/c1-8(20)19(12-18-10(6-14)7-21-12)11-4-2-3-9(5-11)13(15,16)17/h2-5,7H,6H2,1H3. The van der Waals surface area contributed by atoms with Crippen LogP contribution in [-0.4, -0.2) is 10.9 Å². The monoisotopic (exact) mass is 334 g/mol. The van der Waals surface area contributed by atoms with Crippen molar-refractivity contribution in [2.24, 2.45) is 0 Å². The molecule has 2 rings (SSSR count). The summed E-state index contributed by atoms with van der Waals surface area (Å²) in [6.45, 7) is 1.27. The fourth-order valence-corrected chi connectivity index (χ4v) is 2.82. The van der Waals surface area contributed by atoms with E-state index in [0.717, 1.165) is 28.4 Å². The van der Waals surface area contributed by atoms with Gasteiger partial charge in [0.15, 0.2) is 5.13 Å². The first-order chi connectivity index (χ1) is 9.82. The fraction of sp³-hybridized carbons (Fsp3) is 0.231. The number of nitrogens with zero attached hydrogens (tertiary/aromatic N) is 2. The van der Waals surface area contributed by atoms with Crippen LogP contribution < -0.4 is 4.90 Å². The van der Waals surface area contributed by atoms with Crippen LogP contribution in [0.25, 0.3) is 0 Å². The molecule has 0 radical (unpaired) electrons. The minimum Gasteiger partial charge on any atom is -0.274 e. The molecular weight excluding hydrogens is 325 g/mol. The van der Waals surface area contributed by atoms with E-state index in [4.69, 9.17) is 11.6 Å². The third-order valence-corrected chi connectivity index (χ3v) is 3.76. The second-order valence-electron chi connectivity index (χ2n) is 4.16. The number of anilines is 2. The van der Waals surface area contributed by atoms with Gasteiger partial charge in [0, 0.05) is 12.3 Å². The Morgan fingerprint density at radius 2 is 2.14 bits per heavy atom. The summed E-state index contributed by atoms with van der Waals surface area (Å²) in [6.07, 6.45) is -4.47. The number of rotatable bonds is 3. The summed E-state index contributed by atoms with van der Waals surface area (Å²) < 4.78 is 38.3. The van der Waals surface area contributed by atoms with E-state index in [-0.39, 0.29) is 16.7 Å². The Labute approximate surface area is 128 Å². The van der Waals surface area contributed by atoms with Crippen LogP contribution in [0.5, 0.6) is 0 Å². The molecule has 0 unspecified atom stereocenters. The van der Waals surface area contributed by atoms with Crippen LogP contribution in [0.15, 0.2) is 29.6 Å². The van der Waals surface area contributed by atoms with Gasteiger partial charge in [0.1, 0.15) is 0 Å². The molecule has 0 aliphatic rings. The Kier molecular flexibility index (Phi) is 4.53. The zero-order valence-corrected chi connectivity index (χ0v) is 12.4. The fourth-order valence-electron chi connectivity index (χ4n) is 1.71. The number of carbonyl (C=O) groups is 1. The summed E-state index contributed by atoms with van der Waals surface area (Å²) in [5.74, 6) is -0.255. The van der Waals surface area contributed by atoms with Crippen molar-refractivity contribution in [3.63, 3.8) is 0 Å². The van der Waals surface area contributed by atoms with Gasteiger partial charge in [-0.3, -0.25) is 9.69 Å². The van der Waals surface area contributed by atoms with Crippen LogP contribution in [0.1, 0.15) is 18.2 Å². The summed E-state index contributed by atoms with van der Waals surface area (Å²) in [5, 5.41) is 1.95. The first-order valence-electron chi connectivity index (χ1n) is 5.81. The molecule has 21 heavy (non-hydrogen) atoms. The topological polar surface area (TPSA) is 33.2 Å². The summed E-state index contributed by atoms with van der Waals surface area (Å²) in [4.78, 5) is 17.0. The Morgan fingerprint density at radius 1 is 1.43 bits per heavy atom. The average Bonchev–Trinajstić information content (AvgIpc) is 2.86. The molecular formula is C13H10ClF3N2OS. The van der Waals surface area contributed by atoms with Crippen LogP contribution in [0.3, 0.4) is 0 Å². The highest BCUT2D eigenvalue weighted by Crippen LogP contribution is 2.34. The van der Waals surface area contributed by atoms with E-state index in [1.165, 1.54) is 19.1 Å². The molecule has 0 saturated carbocycles. The normalized spacial score (nSPS) is 11.5. The van der Waals surface area contributed by atoms with Gasteiger partial charge >= 0.3 is 6.18 Å². The maximum atomic E-state index is 12.8. The first kappa shape index (κ1) is 15.8. The second kappa shape index (κ2) is 6.03. The van der Waals surface area contributed by atoms with Gasteiger partial charge in [-0.05, 0) is 18.2 Å². The zero-order valence-electron chi connectivity index (χ0n) is 10.8. The van der Waals surface area contributed by atoms with E-state index in [1.54, 1.807) is 5.38 Å². The highest BCUT2D eigenvalue weighted by Gasteiger charge is 2.31. The van der Waals surface area contributed by atoms with E-state index in [1.807, 2.05) is 0 Å². The number of alkyl halides is 4. The second-order valence-corrected chi connectivity index (χ2v) is 5.26. The van der Waals surface area contributed by atoms with Crippen LogP contribution >= 0.6 is 22.9 Å². The molecule has 1 aromatic heterocycles. The number of aromatic nitrogens is 1. The molecule has 112 valence electrons. The maximum Gasteiger partial charge on any atom is 0.416 e. The SMILES string of the molecule is CC(=O)N(c1cccc(C(F)(F)F)c1)c1nc(CCl)cs1. The summed E-state index contributed by atoms with van der Waals surface area (Å²) in [6, 6.07) is 4.56. The Morgan fingerprint density at radius 3 is 2.67 bits per heavy atom. The molecule has 0 bridgehead atoms. The lowest BCUT2D eigenvalue weighted by Crippen LogP contribution is -2.23. The smallest absolute Gasteiger partial charge is 0.274 e. The molecule has 2 aromatic rings. The van der Waals surface area contributed by atoms with Crippen LogP contribution in [0, 0.1) is 0 Å². The van der Waals surface area contributed by atoms with Crippen molar-refractivity contribution in [3.05, 3.63) is 40.9 Å². The van der Waals surface area contributed by atoms with Gasteiger partial charge in [-0.25, -0.2) is 4.98 Å². The van der Waals surface area contributed by atoms with Crippen molar-refractivity contribution >= 4 is 39.7 Å². The van der Waals surface area contributed by atoms with Crippen LogP contribution in [0.4, 0.5) is 24.0 Å². The lowest BCUT2D eigenvalue weighted by Gasteiger charge is -2.19. The van der Waals surface area contributed by atoms with Crippen molar-refractivity contribution in [2.45, 2.75) is 19.0 Å². The lowest BCUT2D eigenvalue weighted by atomic mass is 10.2. The predicted octanol–water partition coefficient (Wildman–Crippen LogP) is 4.59. The van der Waals surface area contributed by atoms with Gasteiger partial charge in [-0.15, -0.1) is 22.9 Å². The molecule has 0 aliphatic carbocycles. The molecule has 0 spiro atoms. The Balaban J connectivity index is 2.46. The van der Waals surface area contributed by atoms with Crippen LogP contribution in [-0.2, 0) is 16.9 Å². The molecule has 0 saturated heterocycles. The molecule has 1 amide bonds.